The summed E-state index contributed by atoms with van der Waals surface area (Å²) in [4.78, 5) is 19.9. The van der Waals surface area contributed by atoms with E-state index in [9.17, 15) is 4.79 Å². The van der Waals surface area contributed by atoms with Crippen LogP contribution in [0, 0.1) is 0 Å². The molecule has 0 unspecified atom stereocenters. The molecular formula is C13H10N4O. The fourth-order valence-corrected chi connectivity index (χ4v) is 1.75. The summed E-state index contributed by atoms with van der Waals surface area (Å²) < 4.78 is 1.48. The molecule has 0 amide bonds. The van der Waals surface area contributed by atoms with Crippen LogP contribution in [-0.4, -0.2) is 19.7 Å². The van der Waals surface area contributed by atoms with Gasteiger partial charge in [-0.25, -0.2) is 4.68 Å². The zero-order valence-corrected chi connectivity index (χ0v) is 9.45. The summed E-state index contributed by atoms with van der Waals surface area (Å²) in [7, 11) is 0. The molecule has 88 valence electrons. The molecule has 0 radical (unpaired) electrons. The summed E-state index contributed by atoms with van der Waals surface area (Å²) in [5, 5.41) is 3.05. The topological polar surface area (TPSA) is 63.6 Å². The molecule has 1 N–H and O–H groups in total. The smallest absolute Gasteiger partial charge is 0.271 e. The molecule has 5 heteroatoms. The highest BCUT2D eigenvalue weighted by Crippen LogP contribution is 2.14. The van der Waals surface area contributed by atoms with Crippen molar-refractivity contribution in [2.45, 2.75) is 0 Å². The molecule has 0 atom stereocenters. The van der Waals surface area contributed by atoms with Gasteiger partial charge in [0.1, 0.15) is 0 Å². The van der Waals surface area contributed by atoms with Crippen LogP contribution in [0.3, 0.4) is 0 Å². The van der Waals surface area contributed by atoms with Gasteiger partial charge in [-0.2, -0.15) is 0 Å². The summed E-state index contributed by atoms with van der Waals surface area (Å²) in [6.45, 7) is 0. The standard InChI is InChI=1S/C13H10N4O/c18-13-8-12(10-2-1-5-15-9-10)16-17(13)11-3-6-14-7-4-11/h1-9,16H. The van der Waals surface area contributed by atoms with Crippen LogP contribution >= 0.6 is 0 Å². The second-order valence-electron chi connectivity index (χ2n) is 3.79. The van der Waals surface area contributed by atoms with E-state index in [-0.39, 0.29) is 5.56 Å². The Labute approximate surface area is 103 Å². The highest BCUT2D eigenvalue weighted by atomic mass is 16.1. The van der Waals surface area contributed by atoms with Gasteiger partial charge in [0, 0.05) is 36.4 Å². The van der Waals surface area contributed by atoms with Crippen LogP contribution in [0.4, 0.5) is 0 Å². The quantitative estimate of drug-likeness (QED) is 0.738. The van der Waals surface area contributed by atoms with Crippen LogP contribution in [0.1, 0.15) is 0 Å². The lowest BCUT2D eigenvalue weighted by Gasteiger charge is -2.00. The van der Waals surface area contributed by atoms with Gasteiger partial charge in [-0.3, -0.25) is 19.9 Å². The van der Waals surface area contributed by atoms with Gasteiger partial charge in [0.25, 0.3) is 5.56 Å². The number of aromatic nitrogens is 4. The van der Waals surface area contributed by atoms with Gasteiger partial charge in [0.05, 0.1) is 11.4 Å². The molecule has 0 saturated carbocycles. The van der Waals surface area contributed by atoms with Gasteiger partial charge in [-0.15, -0.1) is 0 Å². The second kappa shape index (κ2) is 4.29. The third-order valence-electron chi connectivity index (χ3n) is 2.61. The van der Waals surface area contributed by atoms with E-state index in [4.69, 9.17) is 0 Å². The summed E-state index contributed by atoms with van der Waals surface area (Å²) >= 11 is 0. The van der Waals surface area contributed by atoms with Crippen molar-refractivity contribution in [2.75, 3.05) is 0 Å². The highest BCUT2D eigenvalue weighted by molar-refractivity contribution is 5.57. The fraction of sp³-hybridized carbons (Fsp3) is 0. The Morgan fingerprint density at radius 1 is 1.06 bits per heavy atom. The lowest BCUT2D eigenvalue weighted by atomic mass is 10.2. The van der Waals surface area contributed by atoms with E-state index in [1.54, 1.807) is 43.0 Å². The van der Waals surface area contributed by atoms with E-state index < -0.39 is 0 Å². The molecule has 18 heavy (non-hydrogen) atoms. The molecule has 0 bridgehead atoms. The van der Waals surface area contributed by atoms with Gasteiger partial charge in [-0.1, -0.05) is 0 Å². The van der Waals surface area contributed by atoms with E-state index in [1.165, 1.54) is 4.68 Å². The van der Waals surface area contributed by atoms with Crippen LogP contribution in [0.5, 0.6) is 0 Å². The summed E-state index contributed by atoms with van der Waals surface area (Å²) in [5.74, 6) is 0. The Hall–Kier alpha value is -2.69. The molecule has 0 fully saturated rings. The first-order valence-electron chi connectivity index (χ1n) is 5.47. The first-order chi connectivity index (χ1) is 8.84. The Kier molecular flexibility index (Phi) is 2.49. The lowest BCUT2D eigenvalue weighted by molar-refractivity contribution is 0.850. The largest absolute Gasteiger partial charge is 0.290 e. The van der Waals surface area contributed by atoms with Crippen molar-refractivity contribution in [2.24, 2.45) is 0 Å². The normalized spacial score (nSPS) is 10.4. The maximum atomic E-state index is 11.9. The summed E-state index contributed by atoms with van der Waals surface area (Å²) in [5.41, 5.74) is 2.26. The van der Waals surface area contributed by atoms with E-state index in [1.807, 2.05) is 12.1 Å². The number of hydrogen-bond acceptors (Lipinski definition) is 3. The molecule has 0 spiro atoms. The average molecular weight is 238 g/mol. The van der Waals surface area contributed by atoms with Crippen molar-refractivity contribution in [1.29, 1.82) is 0 Å². The maximum Gasteiger partial charge on any atom is 0.271 e. The summed E-state index contributed by atoms with van der Waals surface area (Å²) in [6, 6.07) is 8.82. The molecule has 3 aromatic heterocycles. The molecule has 0 aliphatic rings. The minimum Gasteiger partial charge on any atom is -0.290 e. The van der Waals surface area contributed by atoms with Gasteiger partial charge < -0.3 is 0 Å². The number of pyridine rings is 2. The van der Waals surface area contributed by atoms with Crippen molar-refractivity contribution < 1.29 is 0 Å². The first kappa shape index (κ1) is 10.5. The third-order valence-corrected chi connectivity index (χ3v) is 2.61. The van der Waals surface area contributed by atoms with Crippen LogP contribution < -0.4 is 5.56 Å². The van der Waals surface area contributed by atoms with Crippen molar-refractivity contribution in [1.82, 2.24) is 19.7 Å². The van der Waals surface area contributed by atoms with Gasteiger partial charge in [0.2, 0.25) is 0 Å². The number of nitrogens with one attached hydrogen (secondary N) is 1. The molecule has 0 aromatic carbocycles. The number of hydrogen-bond donors (Lipinski definition) is 1. The molecule has 5 nitrogen and oxygen atoms in total. The predicted molar refractivity (Wildman–Crippen MR) is 67.4 cm³/mol. The number of rotatable bonds is 2. The SMILES string of the molecule is O=c1cc(-c2cccnc2)[nH]n1-c1ccncc1. The van der Waals surface area contributed by atoms with Crippen LogP contribution in [0.2, 0.25) is 0 Å². The number of nitrogens with zero attached hydrogens (tertiary/aromatic N) is 3. The number of H-pyrrole nitrogens is 1. The predicted octanol–water partition coefficient (Wildman–Crippen LogP) is 1.62. The number of aromatic amines is 1. The summed E-state index contributed by atoms with van der Waals surface area (Å²) in [6.07, 6.45) is 6.70. The fourth-order valence-electron chi connectivity index (χ4n) is 1.75. The molecule has 3 aromatic rings. The van der Waals surface area contributed by atoms with Crippen molar-refractivity contribution in [3.8, 4) is 16.9 Å². The lowest BCUT2D eigenvalue weighted by Crippen LogP contribution is -2.13. The third kappa shape index (κ3) is 1.82. The molecule has 0 aliphatic heterocycles. The Balaban J connectivity index is 2.10. The minimum atomic E-state index is -0.111. The monoisotopic (exact) mass is 238 g/mol. The van der Waals surface area contributed by atoms with Crippen LogP contribution in [0.15, 0.2) is 59.9 Å². The van der Waals surface area contributed by atoms with E-state index in [0.717, 1.165) is 16.9 Å². The zero-order valence-electron chi connectivity index (χ0n) is 9.45. The highest BCUT2D eigenvalue weighted by Gasteiger charge is 2.06. The van der Waals surface area contributed by atoms with E-state index >= 15 is 0 Å². The molecule has 3 heterocycles. The molecular weight excluding hydrogens is 228 g/mol. The van der Waals surface area contributed by atoms with Crippen molar-refractivity contribution in [3.63, 3.8) is 0 Å². The van der Waals surface area contributed by atoms with Gasteiger partial charge in [-0.05, 0) is 24.3 Å². The minimum absolute atomic E-state index is 0.111. The van der Waals surface area contributed by atoms with Gasteiger partial charge in [0.15, 0.2) is 0 Å². The van der Waals surface area contributed by atoms with E-state index in [2.05, 4.69) is 15.1 Å². The Morgan fingerprint density at radius 2 is 1.89 bits per heavy atom. The maximum absolute atomic E-state index is 11.9. The molecule has 3 rings (SSSR count). The van der Waals surface area contributed by atoms with Crippen molar-refractivity contribution in [3.05, 3.63) is 65.5 Å². The van der Waals surface area contributed by atoms with Crippen LogP contribution in [-0.2, 0) is 0 Å². The van der Waals surface area contributed by atoms with Crippen LogP contribution in [0.25, 0.3) is 16.9 Å². The zero-order chi connectivity index (χ0) is 12.4. The first-order valence-corrected chi connectivity index (χ1v) is 5.47. The second-order valence-corrected chi connectivity index (χ2v) is 3.79. The molecule has 0 saturated heterocycles. The Bertz CT molecular complexity index is 701. The van der Waals surface area contributed by atoms with Gasteiger partial charge >= 0.3 is 0 Å². The van der Waals surface area contributed by atoms with E-state index in [0.29, 0.717) is 0 Å². The Morgan fingerprint density at radius 3 is 2.61 bits per heavy atom. The van der Waals surface area contributed by atoms with Crippen molar-refractivity contribution >= 4 is 0 Å². The average Bonchev–Trinajstić information content (AvgIpc) is 2.83. The molecule has 0 aliphatic carbocycles.